The average Bonchev–Trinajstić information content (AvgIpc) is 2.32. The van der Waals surface area contributed by atoms with Gasteiger partial charge in [0.25, 0.3) is 17.9 Å². The van der Waals surface area contributed by atoms with Gasteiger partial charge < -0.3 is 20.5 Å². The summed E-state index contributed by atoms with van der Waals surface area (Å²) in [6, 6.07) is 5.27. The number of hydrogen-bond acceptors (Lipinski definition) is 4. The molecule has 0 saturated carbocycles. The molecule has 1 aliphatic heterocycles. The lowest BCUT2D eigenvalue weighted by atomic mass is 10.1. The molecule has 6 heteroatoms. The number of carbonyl (C=O) groups is 2. The lowest BCUT2D eigenvalue weighted by Crippen LogP contribution is -2.52. The molecule has 1 heterocycles. The minimum absolute atomic E-state index is 0.0992. The highest BCUT2D eigenvalue weighted by molar-refractivity contribution is 6.12. The number of fused-ring (bicyclic) bond motifs is 1. The van der Waals surface area contributed by atoms with Gasteiger partial charge in [-0.05, 0) is 24.6 Å². The summed E-state index contributed by atoms with van der Waals surface area (Å²) in [4.78, 5) is 24.5. The molecule has 0 bridgehead atoms. The summed E-state index contributed by atoms with van der Waals surface area (Å²) in [6.07, 6.45) is -1.33. The summed E-state index contributed by atoms with van der Waals surface area (Å²) in [5.41, 5.74) is 6.62. The Kier molecular flexibility index (Phi) is 3.20. The number of rotatable bonds is 3. The number of aliphatic hydroxyl groups excluding tert-OH is 1. The maximum Gasteiger partial charge on any atom is 0.278 e. The van der Waals surface area contributed by atoms with Crippen LogP contribution in [0.25, 0.3) is 0 Å². The molecule has 96 valence electrons. The smallest absolute Gasteiger partial charge is 0.278 e. The second-order valence-corrected chi connectivity index (χ2v) is 4.08. The molecule has 2 amide bonds. The Morgan fingerprint density at radius 3 is 2.89 bits per heavy atom. The summed E-state index contributed by atoms with van der Waals surface area (Å²) in [5, 5.41) is 8.99. The van der Waals surface area contributed by atoms with Crippen molar-refractivity contribution in [1.82, 2.24) is 0 Å². The van der Waals surface area contributed by atoms with E-state index in [0.29, 0.717) is 11.4 Å². The Labute approximate surface area is 104 Å². The Balaban J connectivity index is 2.46. The first-order valence-corrected chi connectivity index (χ1v) is 5.53. The fraction of sp³-hybridized carbons (Fsp3) is 0.333. The van der Waals surface area contributed by atoms with Crippen LogP contribution >= 0.6 is 0 Å². The van der Waals surface area contributed by atoms with Gasteiger partial charge in [0.1, 0.15) is 5.75 Å². The van der Waals surface area contributed by atoms with Crippen molar-refractivity contribution in [1.29, 1.82) is 0 Å². The molecule has 6 nitrogen and oxygen atoms in total. The highest BCUT2D eigenvalue weighted by Crippen LogP contribution is 2.34. The van der Waals surface area contributed by atoms with Crippen LogP contribution in [0.4, 0.5) is 5.69 Å². The van der Waals surface area contributed by atoms with E-state index < -0.39 is 17.9 Å². The third-order valence-electron chi connectivity index (χ3n) is 2.72. The normalized spacial score (nSPS) is 18.2. The Bertz CT molecular complexity index is 501. The van der Waals surface area contributed by atoms with Gasteiger partial charge in [0.2, 0.25) is 0 Å². The van der Waals surface area contributed by atoms with Gasteiger partial charge in [-0.25, -0.2) is 0 Å². The van der Waals surface area contributed by atoms with Crippen molar-refractivity contribution in [3.63, 3.8) is 0 Å². The standard InChI is InChI=1S/C12H14N2O4/c1-7-2-3-8-9(6-7)18-10(11(13)16)12(17)14(8)4-5-15/h2-3,6,10,15H,4-5H2,1H3,(H2,13,16). The number of hydrogen-bond donors (Lipinski definition) is 2. The highest BCUT2D eigenvalue weighted by Gasteiger charge is 2.37. The molecule has 1 atom stereocenters. The summed E-state index contributed by atoms with van der Waals surface area (Å²) < 4.78 is 5.32. The molecule has 1 aromatic rings. The maximum atomic E-state index is 12.0. The van der Waals surface area contributed by atoms with Gasteiger partial charge in [-0.2, -0.15) is 0 Å². The molecular formula is C12H14N2O4. The number of ether oxygens (including phenoxy) is 1. The molecular weight excluding hydrogens is 236 g/mol. The monoisotopic (exact) mass is 250 g/mol. The molecule has 1 unspecified atom stereocenters. The van der Waals surface area contributed by atoms with Crippen LogP contribution in [0.5, 0.6) is 5.75 Å². The van der Waals surface area contributed by atoms with Crippen LogP contribution < -0.4 is 15.4 Å². The molecule has 3 N–H and O–H groups in total. The Morgan fingerprint density at radius 1 is 1.56 bits per heavy atom. The second kappa shape index (κ2) is 4.66. The van der Waals surface area contributed by atoms with Crippen molar-refractivity contribution in [2.24, 2.45) is 5.73 Å². The zero-order chi connectivity index (χ0) is 13.3. The summed E-state index contributed by atoms with van der Waals surface area (Å²) >= 11 is 0. The van der Waals surface area contributed by atoms with Crippen molar-refractivity contribution in [3.05, 3.63) is 23.8 Å². The molecule has 1 aliphatic rings. The number of nitrogens with two attached hydrogens (primary N) is 1. The molecule has 2 rings (SSSR count). The van der Waals surface area contributed by atoms with E-state index >= 15 is 0 Å². The molecule has 1 aromatic carbocycles. The SMILES string of the molecule is Cc1ccc2c(c1)OC(C(N)=O)C(=O)N2CCO. The molecule has 0 aromatic heterocycles. The van der Waals surface area contributed by atoms with E-state index in [2.05, 4.69) is 0 Å². The topological polar surface area (TPSA) is 92.9 Å². The third kappa shape index (κ3) is 2.02. The van der Waals surface area contributed by atoms with Gasteiger partial charge in [0, 0.05) is 6.54 Å². The molecule has 0 aliphatic carbocycles. The van der Waals surface area contributed by atoms with E-state index in [9.17, 15) is 9.59 Å². The van der Waals surface area contributed by atoms with Crippen LogP contribution in [0.2, 0.25) is 0 Å². The zero-order valence-corrected chi connectivity index (χ0v) is 9.92. The second-order valence-electron chi connectivity index (χ2n) is 4.08. The number of primary amides is 1. The largest absolute Gasteiger partial charge is 0.468 e. The fourth-order valence-electron chi connectivity index (χ4n) is 1.89. The zero-order valence-electron chi connectivity index (χ0n) is 9.92. The number of anilines is 1. The van der Waals surface area contributed by atoms with E-state index in [-0.39, 0.29) is 13.2 Å². The van der Waals surface area contributed by atoms with Crippen molar-refractivity contribution in [2.75, 3.05) is 18.1 Å². The quantitative estimate of drug-likeness (QED) is 0.712. The molecule has 0 spiro atoms. The van der Waals surface area contributed by atoms with E-state index in [1.165, 1.54) is 4.90 Å². The first kappa shape index (κ1) is 12.4. The van der Waals surface area contributed by atoms with Gasteiger partial charge in [-0.15, -0.1) is 0 Å². The average molecular weight is 250 g/mol. The number of aliphatic hydroxyl groups is 1. The van der Waals surface area contributed by atoms with Gasteiger partial charge >= 0.3 is 0 Å². The lowest BCUT2D eigenvalue weighted by molar-refractivity contribution is -0.136. The fourth-order valence-corrected chi connectivity index (χ4v) is 1.89. The summed E-state index contributed by atoms with van der Waals surface area (Å²) in [7, 11) is 0. The summed E-state index contributed by atoms with van der Waals surface area (Å²) in [5.74, 6) is -0.963. The van der Waals surface area contributed by atoms with E-state index in [1.807, 2.05) is 13.0 Å². The first-order valence-electron chi connectivity index (χ1n) is 5.53. The number of amides is 2. The Hall–Kier alpha value is -2.08. The van der Waals surface area contributed by atoms with Crippen LogP contribution in [0.15, 0.2) is 18.2 Å². The Morgan fingerprint density at radius 2 is 2.28 bits per heavy atom. The molecule has 18 heavy (non-hydrogen) atoms. The third-order valence-corrected chi connectivity index (χ3v) is 2.72. The van der Waals surface area contributed by atoms with E-state index in [4.69, 9.17) is 15.6 Å². The van der Waals surface area contributed by atoms with Crippen LogP contribution in [0.3, 0.4) is 0 Å². The number of β-amino-alcohol motifs (C(OH)–C–C–N with tert-alkyl or cyclic N) is 1. The van der Waals surface area contributed by atoms with Crippen LogP contribution in [-0.2, 0) is 9.59 Å². The van der Waals surface area contributed by atoms with Crippen molar-refractivity contribution < 1.29 is 19.4 Å². The predicted molar refractivity (Wildman–Crippen MR) is 64.2 cm³/mol. The lowest BCUT2D eigenvalue weighted by Gasteiger charge is -2.32. The number of benzene rings is 1. The number of aryl methyl sites for hydroxylation is 1. The first-order chi connectivity index (χ1) is 8.54. The number of nitrogens with zero attached hydrogens (tertiary/aromatic N) is 1. The van der Waals surface area contributed by atoms with Crippen molar-refractivity contribution in [3.8, 4) is 5.75 Å². The van der Waals surface area contributed by atoms with Gasteiger partial charge in [-0.1, -0.05) is 6.07 Å². The predicted octanol–water partition coefficient (Wildman–Crippen LogP) is -0.433. The molecule has 0 fully saturated rings. The number of carbonyl (C=O) groups excluding carboxylic acids is 2. The van der Waals surface area contributed by atoms with Crippen LogP contribution in [-0.4, -0.2) is 36.2 Å². The van der Waals surface area contributed by atoms with Crippen LogP contribution in [0, 0.1) is 6.92 Å². The van der Waals surface area contributed by atoms with Crippen LogP contribution in [0.1, 0.15) is 5.56 Å². The summed E-state index contributed by atoms with van der Waals surface area (Å²) in [6.45, 7) is 1.77. The highest BCUT2D eigenvalue weighted by atomic mass is 16.5. The van der Waals surface area contributed by atoms with Crippen molar-refractivity contribution >= 4 is 17.5 Å². The minimum Gasteiger partial charge on any atom is -0.468 e. The van der Waals surface area contributed by atoms with E-state index in [1.54, 1.807) is 12.1 Å². The van der Waals surface area contributed by atoms with Crippen molar-refractivity contribution in [2.45, 2.75) is 13.0 Å². The molecule has 0 saturated heterocycles. The molecule has 0 radical (unpaired) electrons. The minimum atomic E-state index is -1.33. The van der Waals surface area contributed by atoms with Gasteiger partial charge in [0.05, 0.1) is 12.3 Å². The van der Waals surface area contributed by atoms with Gasteiger partial charge in [-0.3, -0.25) is 9.59 Å². The van der Waals surface area contributed by atoms with Gasteiger partial charge in [0.15, 0.2) is 0 Å². The van der Waals surface area contributed by atoms with E-state index in [0.717, 1.165) is 5.56 Å². The maximum absolute atomic E-state index is 12.0.